The van der Waals surface area contributed by atoms with Crippen LogP contribution in [0.3, 0.4) is 0 Å². The minimum Gasteiger partial charge on any atom is -0.461 e. The van der Waals surface area contributed by atoms with Crippen molar-refractivity contribution in [3.05, 3.63) is 105 Å². The summed E-state index contributed by atoms with van der Waals surface area (Å²) in [7, 11) is 0. The largest absolute Gasteiger partial charge is 0.461 e. The number of nitrogens with one attached hydrogen (secondary N) is 1. The number of ether oxygens (including phenoxy) is 1. The zero-order chi connectivity index (χ0) is 30.3. The van der Waals surface area contributed by atoms with E-state index in [0.29, 0.717) is 40.1 Å². The van der Waals surface area contributed by atoms with Crippen molar-refractivity contribution in [2.24, 2.45) is 0 Å². The highest BCUT2D eigenvalue weighted by Crippen LogP contribution is 2.31. The van der Waals surface area contributed by atoms with Gasteiger partial charge in [-0.05, 0) is 53.6 Å². The quantitative estimate of drug-likeness (QED) is 0.0750. The molecule has 1 aliphatic rings. The lowest BCUT2D eigenvalue weighted by Gasteiger charge is -2.22. The zero-order valence-corrected chi connectivity index (χ0v) is 23.6. The van der Waals surface area contributed by atoms with Crippen LogP contribution in [-0.2, 0) is 25.8 Å². The number of nitrogens with zero attached hydrogens (tertiary/aromatic N) is 3. The van der Waals surface area contributed by atoms with Crippen molar-refractivity contribution in [3.8, 4) is 0 Å². The third-order valence-electron chi connectivity index (χ3n) is 6.88. The van der Waals surface area contributed by atoms with E-state index in [1.807, 2.05) is 12.1 Å². The molecule has 4 aromatic rings. The molecule has 220 valence electrons. The molecule has 0 aliphatic carbocycles. The molecular weight excluding hydrogens is 576 g/mol. The smallest absolute Gasteiger partial charge is 0.306 e. The predicted molar refractivity (Wildman–Crippen MR) is 156 cm³/mol. The molecule has 0 saturated carbocycles. The number of rotatable bonds is 13. The minimum atomic E-state index is -0.886. The Morgan fingerprint density at radius 1 is 1.02 bits per heavy atom. The fraction of sp³-hybridized carbons (Fsp3) is 0.233. The molecule has 0 spiro atoms. The van der Waals surface area contributed by atoms with Gasteiger partial charge in [0.05, 0.1) is 33.4 Å². The van der Waals surface area contributed by atoms with Crippen LogP contribution in [-0.4, -0.2) is 51.8 Å². The third-order valence-corrected chi connectivity index (χ3v) is 7.88. The molecule has 0 fully saturated rings. The standard InChI is InChI=1S/C30H26N4O8S/c35-27(7-3-4-14-42-34(39)40)41-18-19-8-10-20(11-9-19)24(17-33-29(37)22-5-1-2-6-23(22)30(33)38)28(36)32-26-15-21-12-13-31-16-25(21)43-26/h1-2,5-6,8-13,15-16,24H,3-4,7,14,17-18H2,(H,32,36)/t24-/m1/s1. The predicted octanol–water partition coefficient (Wildman–Crippen LogP) is 4.74. The van der Waals surface area contributed by atoms with Crippen LogP contribution in [0, 0.1) is 10.1 Å². The second kappa shape index (κ2) is 13.2. The van der Waals surface area contributed by atoms with E-state index in [1.54, 1.807) is 60.9 Å². The van der Waals surface area contributed by atoms with Gasteiger partial charge in [-0.15, -0.1) is 21.5 Å². The lowest BCUT2D eigenvalue weighted by Crippen LogP contribution is -2.38. The first kappa shape index (κ1) is 29.3. The number of pyridine rings is 1. The Morgan fingerprint density at radius 2 is 1.74 bits per heavy atom. The first-order valence-corrected chi connectivity index (χ1v) is 14.2. The number of imide groups is 1. The first-order chi connectivity index (χ1) is 20.8. The number of aromatic nitrogens is 1. The summed E-state index contributed by atoms with van der Waals surface area (Å²) in [6, 6.07) is 17.1. The van der Waals surface area contributed by atoms with Crippen molar-refractivity contribution >= 4 is 50.1 Å². The number of hydrogen-bond acceptors (Lipinski definition) is 10. The molecule has 0 radical (unpaired) electrons. The van der Waals surface area contributed by atoms with Gasteiger partial charge >= 0.3 is 5.97 Å². The van der Waals surface area contributed by atoms with Crippen molar-refractivity contribution in [3.63, 3.8) is 0 Å². The second-order valence-corrected chi connectivity index (χ2v) is 10.8. The summed E-state index contributed by atoms with van der Waals surface area (Å²) in [5.74, 6) is -2.65. The molecule has 0 saturated heterocycles. The van der Waals surface area contributed by atoms with Gasteiger partial charge in [-0.2, -0.15) is 0 Å². The van der Waals surface area contributed by atoms with E-state index in [1.165, 1.54) is 11.3 Å². The Labute approximate surface area is 249 Å². The molecule has 43 heavy (non-hydrogen) atoms. The second-order valence-electron chi connectivity index (χ2n) is 9.75. The average Bonchev–Trinajstić information content (AvgIpc) is 3.52. The monoisotopic (exact) mass is 602 g/mol. The van der Waals surface area contributed by atoms with Gasteiger partial charge in [0, 0.05) is 25.4 Å². The van der Waals surface area contributed by atoms with Crippen LogP contribution in [0.5, 0.6) is 0 Å². The van der Waals surface area contributed by atoms with E-state index in [2.05, 4.69) is 15.1 Å². The molecule has 3 heterocycles. The third kappa shape index (κ3) is 7.01. The van der Waals surface area contributed by atoms with Crippen molar-refractivity contribution in [1.82, 2.24) is 9.88 Å². The SMILES string of the molecule is O=C(CCCCO[N+](=O)[O-])OCc1ccc([C@@H](CN2C(=O)c3ccccc3C2=O)C(=O)Nc2cc3ccncc3s2)cc1. The molecule has 0 unspecified atom stereocenters. The molecule has 1 aliphatic heterocycles. The number of benzene rings is 2. The summed E-state index contributed by atoms with van der Waals surface area (Å²) in [5, 5.41) is 13.8. The number of fused-ring (bicyclic) bond motifs is 2. The molecule has 1 atom stereocenters. The zero-order valence-electron chi connectivity index (χ0n) is 22.8. The molecule has 12 nitrogen and oxygen atoms in total. The number of hydrogen-bond donors (Lipinski definition) is 1. The van der Waals surface area contributed by atoms with E-state index >= 15 is 0 Å². The maximum Gasteiger partial charge on any atom is 0.306 e. The van der Waals surface area contributed by atoms with Crippen molar-refractivity contribution in [2.75, 3.05) is 18.5 Å². The van der Waals surface area contributed by atoms with Crippen LogP contribution in [0.15, 0.2) is 73.1 Å². The van der Waals surface area contributed by atoms with Crippen LogP contribution < -0.4 is 5.32 Å². The van der Waals surface area contributed by atoms with Gasteiger partial charge < -0.3 is 14.9 Å². The topological polar surface area (TPSA) is 158 Å². The molecule has 3 amide bonds. The van der Waals surface area contributed by atoms with Crippen molar-refractivity contribution in [1.29, 1.82) is 0 Å². The molecule has 2 aromatic heterocycles. The Balaban J connectivity index is 1.28. The molecule has 2 aromatic carbocycles. The van der Waals surface area contributed by atoms with E-state index in [0.717, 1.165) is 15.0 Å². The summed E-state index contributed by atoms with van der Waals surface area (Å²) < 4.78 is 6.19. The van der Waals surface area contributed by atoms with Gasteiger partial charge in [0.25, 0.3) is 16.9 Å². The average molecular weight is 603 g/mol. The fourth-order valence-electron chi connectivity index (χ4n) is 4.67. The molecule has 13 heteroatoms. The summed E-state index contributed by atoms with van der Waals surface area (Å²) in [4.78, 5) is 71.5. The number of esters is 1. The van der Waals surface area contributed by atoms with Gasteiger partial charge in [-0.1, -0.05) is 36.4 Å². The van der Waals surface area contributed by atoms with Gasteiger partial charge in [-0.25, -0.2) is 0 Å². The normalized spacial score (nSPS) is 13.1. The van der Waals surface area contributed by atoms with Gasteiger partial charge in [-0.3, -0.25) is 29.1 Å². The number of carbonyl (C=O) groups is 4. The number of carbonyl (C=O) groups excluding carboxylic acids is 4. The maximum atomic E-state index is 13.7. The summed E-state index contributed by atoms with van der Waals surface area (Å²) in [6.07, 6.45) is 4.20. The molecule has 5 rings (SSSR count). The van der Waals surface area contributed by atoms with Crippen LogP contribution in [0.4, 0.5) is 5.00 Å². The van der Waals surface area contributed by atoms with E-state index in [9.17, 15) is 29.3 Å². The number of amides is 3. The van der Waals surface area contributed by atoms with Crippen molar-refractivity contribution in [2.45, 2.75) is 31.8 Å². The lowest BCUT2D eigenvalue weighted by atomic mass is 9.96. The van der Waals surface area contributed by atoms with Crippen LogP contribution in [0.1, 0.15) is 57.0 Å². The van der Waals surface area contributed by atoms with E-state index < -0.39 is 34.7 Å². The van der Waals surface area contributed by atoms with Gasteiger partial charge in [0.1, 0.15) is 6.61 Å². The fourth-order valence-corrected chi connectivity index (χ4v) is 5.61. The van der Waals surface area contributed by atoms with Crippen LogP contribution in [0.25, 0.3) is 10.1 Å². The summed E-state index contributed by atoms with van der Waals surface area (Å²) in [6.45, 7) is -0.258. The van der Waals surface area contributed by atoms with Gasteiger partial charge in [0.2, 0.25) is 5.91 Å². The highest BCUT2D eigenvalue weighted by molar-refractivity contribution is 7.22. The Hall–Kier alpha value is -5.17. The highest BCUT2D eigenvalue weighted by atomic mass is 32.1. The summed E-state index contributed by atoms with van der Waals surface area (Å²) in [5.41, 5.74) is 1.83. The number of anilines is 1. The Bertz CT molecular complexity index is 1620. The van der Waals surface area contributed by atoms with Crippen molar-refractivity contribution < 1.29 is 33.8 Å². The highest BCUT2D eigenvalue weighted by Gasteiger charge is 2.38. The first-order valence-electron chi connectivity index (χ1n) is 13.4. The van der Waals surface area contributed by atoms with E-state index in [4.69, 9.17) is 4.74 Å². The Kier molecular flexibility index (Phi) is 9.01. The lowest BCUT2D eigenvalue weighted by molar-refractivity contribution is -0.757. The number of unbranched alkanes of at least 4 members (excludes halogenated alkanes) is 1. The van der Waals surface area contributed by atoms with E-state index in [-0.39, 0.29) is 26.2 Å². The van der Waals surface area contributed by atoms with Crippen LogP contribution >= 0.6 is 11.3 Å². The molecule has 0 bridgehead atoms. The summed E-state index contributed by atoms with van der Waals surface area (Å²) >= 11 is 1.37. The number of thiophene rings is 1. The minimum absolute atomic E-state index is 0.00436. The van der Waals surface area contributed by atoms with Crippen LogP contribution in [0.2, 0.25) is 0 Å². The maximum absolute atomic E-state index is 13.7. The molecule has 1 N–H and O–H groups in total. The van der Waals surface area contributed by atoms with Gasteiger partial charge in [0.15, 0.2) is 0 Å². The molecular formula is C30H26N4O8S. The Morgan fingerprint density at radius 3 is 2.42 bits per heavy atom.